The van der Waals surface area contributed by atoms with E-state index in [4.69, 9.17) is 9.47 Å². The average Bonchev–Trinajstić information content (AvgIpc) is 3.18. The standard InChI is InChI=1S/C27H34FNO5S2/c1-6-14-29(36(31,32)27-19(4)24-16-21(28)10-12-25(24)35-27)17-22(7-2)34-23-11-8-20(18(3)15-23)9-13-26(30)33-5/h8,10-12,15-16,22H,6-7,9,13-14,17H2,1-5H3. The van der Waals surface area contributed by atoms with Gasteiger partial charge in [-0.15, -0.1) is 11.3 Å². The summed E-state index contributed by atoms with van der Waals surface area (Å²) in [5.74, 6) is 0.0179. The highest BCUT2D eigenvalue weighted by atomic mass is 32.2. The van der Waals surface area contributed by atoms with Gasteiger partial charge in [-0.05, 0) is 85.5 Å². The van der Waals surface area contributed by atoms with E-state index >= 15 is 0 Å². The number of halogens is 1. The Bertz CT molecular complexity index is 1320. The largest absolute Gasteiger partial charge is 0.489 e. The number of rotatable bonds is 12. The van der Waals surface area contributed by atoms with Gasteiger partial charge in [-0.3, -0.25) is 4.79 Å². The van der Waals surface area contributed by atoms with E-state index in [0.29, 0.717) is 48.9 Å². The van der Waals surface area contributed by atoms with Gasteiger partial charge in [-0.2, -0.15) is 4.31 Å². The SMILES string of the molecule is CCCN(CC(CC)Oc1ccc(CCC(=O)OC)c(C)c1)S(=O)(=O)c1sc2ccc(F)cc2c1C. The number of fused-ring (bicyclic) bond motifs is 1. The molecule has 0 spiro atoms. The lowest BCUT2D eigenvalue weighted by molar-refractivity contribution is -0.140. The van der Waals surface area contributed by atoms with Crippen LogP contribution in [0.25, 0.3) is 10.1 Å². The van der Waals surface area contributed by atoms with Crippen molar-refractivity contribution in [3.05, 3.63) is 58.9 Å². The lowest BCUT2D eigenvalue weighted by Gasteiger charge is -2.27. The number of carbonyl (C=O) groups excluding carboxylic acids is 1. The van der Waals surface area contributed by atoms with Crippen LogP contribution in [0, 0.1) is 19.7 Å². The van der Waals surface area contributed by atoms with Crippen LogP contribution in [0.3, 0.4) is 0 Å². The fourth-order valence-electron chi connectivity index (χ4n) is 4.12. The van der Waals surface area contributed by atoms with Crippen LogP contribution in [-0.4, -0.2) is 45.0 Å². The maximum Gasteiger partial charge on any atom is 0.305 e. The van der Waals surface area contributed by atoms with Gasteiger partial charge in [-0.25, -0.2) is 12.8 Å². The second kappa shape index (κ2) is 12.2. The molecule has 3 aromatic rings. The zero-order valence-corrected chi connectivity index (χ0v) is 23.1. The normalized spacial score (nSPS) is 12.8. The Morgan fingerprint density at radius 3 is 2.53 bits per heavy atom. The van der Waals surface area contributed by atoms with Crippen LogP contribution in [0.4, 0.5) is 4.39 Å². The number of hydrogen-bond acceptors (Lipinski definition) is 6. The van der Waals surface area contributed by atoms with Crippen molar-refractivity contribution in [2.75, 3.05) is 20.2 Å². The summed E-state index contributed by atoms with van der Waals surface area (Å²) >= 11 is 1.17. The maximum atomic E-state index is 13.8. The lowest BCUT2D eigenvalue weighted by Crippen LogP contribution is -2.40. The molecule has 0 amide bonds. The highest BCUT2D eigenvalue weighted by Gasteiger charge is 2.31. The molecule has 1 atom stereocenters. The zero-order chi connectivity index (χ0) is 26.5. The molecular formula is C27H34FNO5S2. The second-order valence-electron chi connectivity index (χ2n) is 8.83. The van der Waals surface area contributed by atoms with Gasteiger partial charge in [0.25, 0.3) is 10.0 Å². The highest BCUT2D eigenvalue weighted by Crippen LogP contribution is 2.36. The van der Waals surface area contributed by atoms with Gasteiger partial charge < -0.3 is 9.47 Å². The Morgan fingerprint density at radius 1 is 1.14 bits per heavy atom. The van der Waals surface area contributed by atoms with E-state index in [1.54, 1.807) is 13.0 Å². The third-order valence-electron chi connectivity index (χ3n) is 6.21. The van der Waals surface area contributed by atoms with Crippen molar-refractivity contribution >= 4 is 37.4 Å². The number of nitrogens with zero attached hydrogens (tertiary/aromatic N) is 1. The van der Waals surface area contributed by atoms with Crippen molar-refractivity contribution in [1.29, 1.82) is 0 Å². The van der Waals surface area contributed by atoms with Crippen molar-refractivity contribution < 1.29 is 27.1 Å². The van der Waals surface area contributed by atoms with Gasteiger partial charge >= 0.3 is 5.97 Å². The second-order valence-corrected chi connectivity index (χ2v) is 12.0. The molecule has 9 heteroatoms. The summed E-state index contributed by atoms with van der Waals surface area (Å²) in [5, 5.41) is 0.626. The highest BCUT2D eigenvalue weighted by molar-refractivity contribution is 7.91. The minimum absolute atomic E-state index is 0.206. The van der Waals surface area contributed by atoms with E-state index in [1.807, 2.05) is 39.0 Å². The number of ether oxygens (including phenoxy) is 2. The van der Waals surface area contributed by atoms with Crippen molar-refractivity contribution in [3.8, 4) is 5.75 Å². The number of carbonyl (C=O) groups is 1. The molecule has 0 radical (unpaired) electrons. The molecule has 0 aliphatic heterocycles. The molecule has 6 nitrogen and oxygen atoms in total. The van der Waals surface area contributed by atoms with Crippen LogP contribution in [0.15, 0.2) is 40.6 Å². The average molecular weight is 536 g/mol. The molecule has 1 heterocycles. The summed E-state index contributed by atoms with van der Waals surface area (Å²) in [7, 11) is -2.42. The van der Waals surface area contributed by atoms with E-state index in [-0.39, 0.29) is 28.6 Å². The number of aryl methyl sites for hydroxylation is 3. The first kappa shape index (κ1) is 28.1. The van der Waals surface area contributed by atoms with Crippen molar-refractivity contribution in [1.82, 2.24) is 4.31 Å². The first-order valence-electron chi connectivity index (χ1n) is 12.1. The van der Waals surface area contributed by atoms with E-state index in [1.165, 1.54) is 34.9 Å². The van der Waals surface area contributed by atoms with E-state index in [0.717, 1.165) is 15.8 Å². The van der Waals surface area contributed by atoms with Gasteiger partial charge in [0.2, 0.25) is 0 Å². The topological polar surface area (TPSA) is 72.9 Å². The molecule has 0 N–H and O–H groups in total. The van der Waals surface area contributed by atoms with E-state index < -0.39 is 10.0 Å². The van der Waals surface area contributed by atoms with Gasteiger partial charge in [0.05, 0.1) is 13.7 Å². The molecule has 0 aliphatic carbocycles. The summed E-state index contributed by atoms with van der Waals surface area (Å²) in [4.78, 5) is 11.5. The molecule has 0 aliphatic rings. The first-order valence-corrected chi connectivity index (χ1v) is 14.4. The molecule has 3 rings (SSSR count). The Morgan fingerprint density at radius 2 is 1.89 bits per heavy atom. The molecule has 36 heavy (non-hydrogen) atoms. The van der Waals surface area contributed by atoms with Crippen LogP contribution in [0.5, 0.6) is 5.75 Å². The van der Waals surface area contributed by atoms with Gasteiger partial charge in [-0.1, -0.05) is 19.9 Å². The lowest BCUT2D eigenvalue weighted by atomic mass is 10.0. The fourth-order valence-corrected chi connectivity index (χ4v) is 7.57. The summed E-state index contributed by atoms with van der Waals surface area (Å²) in [5.41, 5.74) is 2.60. The number of sulfonamides is 1. The number of esters is 1. The molecule has 0 saturated heterocycles. The molecule has 0 bridgehead atoms. The van der Waals surface area contributed by atoms with E-state index in [2.05, 4.69) is 0 Å². The van der Waals surface area contributed by atoms with Crippen LogP contribution < -0.4 is 4.74 Å². The minimum atomic E-state index is -3.79. The van der Waals surface area contributed by atoms with Crippen molar-refractivity contribution in [2.24, 2.45) is 0 Å². The molecule has 0 saturated carbocycles. The summed E-state index contributed by atoms with van der Waals surface area (Å²) in [6, 6.07) is 10.1. The van der Waals surface area contributed by atoms with E-state index in [9.17, 15) is 17.6 Å². The molecule has 196 valence electrons. The monoisotopic (exact) mass is 535 g/mol. The fraction of sp³-hybridized carbons (Fsp3) is 0.444. The molecule has 1 aromatic heterocycles. The van der Waals surface area contributed by atoms with Crippen molar-refractivity contribution in [3.63, 3.8) is 0 Å². The first-order chi connectivity index (χ1) is 17.1. The summed E-state index contributed by atoms with van der Waals surface area (Å²) in [6.07, 6.45) is 1.82. The summed E-state index contributed by atoms with van der Waals surface area (Å²) in [6.45, 7) is 8.16. The van der Waals surface area contributed by atoms with Gasteiger partial charge in [0.15, 0.2) is 0 Å². The Kier molecular flexibility index (Phi) is 9.49. The zero-order valence-electron chi connectivity index (χ0n) is 21.5. The molecule has 1 unspecified atom stereocenters. The van der Waals surface area contributed by atoms with Crippen LogP contribution in [0.1, 0.15) is 49.8 Å². The Labute approximate surface area is 217 Å². The number of methoxy groups -OCH3 is 1. The summed E-state index contributed by atoms with van der Waals surface area (Å²) < 4.78 is 54.6. The third-order valence-corrected chi connectivity index (χ3v) is 9.94. The molecular weight excluding hydrogens is 501 g/mol. The smallest absolute Gasteiger partial charge is 0.305 e. The van der Waals surface area contributed by atoms with Crippen LogP contribution in [-0.2, 0) is 26.0 Å². The predicted octanol–water partition coefficient (Wildman–Crippen LogP) is 6.02. The Hall–Kier alpha value is -2.49. The molecule has 2 aromatic carbocycles. The quantitative estimate of drug-likeness (QED) is 0.265. The van der Waals surface area contributed by atoms with Gasteiger partial charge in [0.1, 0.15) is 21.9 Å². The predicted molar refractivity (Wildman–Crippen MR) is 142 cm³/mol. The molecule has 0 fully saturated rings. The maximum absolute atomic E-state index is 13.8. The van der Waals surface area contributed by atoms with Crippen molar-refractivity contribution in [2.45, 2.75) is 63.7 Å². The number of benzene rings is 2. The number of hydrogen-bond donors (Lipinski definition) is 0. The van der Waals surface area contributed by atoms with Gasteiger partial charge in [0, 0.05) is 17.7 Å². The van der Waals surface area contributed by atoms with Crippen LogP contribution >= 0.6 is 11.3 Å². The minimum Gasteiger partial charge on any atom is -0.489 e. The Balaban J connectivity index is 1.80. The van der Waals surface area contributed by atoms with Crippen LogP contribution in [0.2, 0.25) is 0 Å². The number of thiophene rings is 1. The third kappa shape index (κ3) is 6.44.